The van der Waals surface area contributed by atoms with Gasteiger partial charge in [0, 0.05) is 6.07 Å². The molecule has 0 fully saturated rings. The van der Waals surface area contributed by atoms with Crippen LogP contribution < -0.4 is 9.47 Å². The van der Waals surface area contributed by atoms with Crippen molar-refractivity contribution in [1.29, 1.82) is 0 Å². The zero-order chi connectivity index (χ0) is 13.7. The normalized spacial score (nSPS) is 10.2. The number of carbonyl (C=O) groups excluding carboxylic acids is 1. The van der Waals surface area contributed by atoms with E-state index in [9.17, 15) is 14.9 Å². The van der Waals surface area contributed by atoms with Gasteiger partial charge in [-0.1, -0.05) is 13.8 Å². The molecule has 0 spiro atoms. The van der Waals surface area contributed by atoms with E-state index in [-0.39, 0.29) is 22.9 Å². The van der Waals surface area contributed by atoms with E-state index in [2.05, 4.69) is 0 Å². The van der Waals surface area contributed by atoms with Gasteiger partial charge in [-0.2, -0.15) is 0 Å². The molecule has 18 heavy (non-hydrogen) atoms. The van der Waals surface area contributed by atoms with Crippen molar-refractivity contribution in [2.75, 3.05) is 13.7 Å². The van der Waals surface area contributed by atoms with Crippen LogP contribution >= 0.6 is 0 Å². The van der Waals surface area contributed by atoms with E-state index in [1.807, 2.05) is 13.8 Å². The SMILES string of the molecule is COc1cc(C=O)c([N+](=O)[O-])cc1OCC(C)C. The van der Waals surface area contributed by atoms with Gasteiger partial charge in [0.2, 0.25) is 0 Å². The van der Waals surface area contributed by atoms with E-state index in [4.69, 9.17) is 9.47 Å². The third-order valence-electron chi connectivity index (χ3n) is 2.21. The number of nitro groups is 1. The van der Waals surface area contributed by atoms with Crippen LogP contribution in [-0.2, 0) is 0 Å². The first-order chi connectivity index (χ1) is 8.49. The van der Waals surface area contributed by atoms with E-state index in [0.717, 1.165) is 0 Å². The monoisotopic (exact) mass is 253 g/mol. The Hall–Kier alpha value is -2.11. The van der Waals surface area contributed by atoms with Gasteiger partial charge >= 0.3 is 0 Å². The van der Waals surface area contributed by atoms with Crippen LogP contribution in [0.15, 0.2) is 12.1 Å². The number of ether oxygens (including phenoxy) is 2. The smallest absolute Gasteiger partial charge is 0.283 e. The molecule has 0 bridgehead atoms. The predicted octanol–water partition coefficient (Wildman–Crippen LogP) is 2.45. The minimum Gasteiger partial charge on any atom is -0.493 e. The highest BCUT2D eigenvalue weighted by Gasteiger charge is 2.19. The summed E-state index contributed by atoms with van der Waals surface area (Å²) in [5.74, 6) is 0.853. The lowest BCUT2D eigenvalue weighted by molar-refractivity contribution is -0.385. The van der Waals surface area contributed by atoms with Crippen LogP contribution in [0.25, 0.3) is 0 Å². The summed E-state index contributed by atoms with van der Waals surface area (Å²) >= 11 is 0. The van der Waals surface area contributed by atoms with Gasteiger partial charge in [0.15, 0.2) is 17.8 Å². The Kier molecular flexibility index (Phi) is 4.65. The summed E-state index contributed by atoms with van der Waals surface area (Å²) in [4.78, 5) is 21.0. The van der Waals surface area contributed by atoms with Crippen LogP contribution in [0.3, 0.4) is 0 Å². The van der Waals surface area contributed by atoms with Crippen molar-refractivity contribution in [3.63, 3.8) is 0 Å². The van der Waals surface area contributed by atoms with Gasteiger partial charge in [-0.3, -0.25) is 14.9 Å². The third-order valence-corrected chi connectivity index (χ3v) is 2.21. The number of benzene rings is 1. The number of hydrogen-bond acceptors (Lipinski definition) is 5. The number of aldehydes is 1. The predicted molar refractivity (Wildman–Crippen MR) is 65.4 cm³/mol. The number of nitro benzene ring substituents is 1. The summed E-state index contributed by atoms with van der Waals surface area (Å²) in [6.07, 6.45) is 0.423. The van der Waals surface area contributed by atoms with Crippen LogP contribution in [0.4, 0.5) is 5.69 Å². The first-order valence-corrected chi connectivity index (χ1v) is 5.44. The molecule has 6 nitrogen and oxygen atoms in total. The molecule has 0 saturated heterocycles. The van der Waals surface area contributed by atoms with Gasteiger partial charge in [0.25, 0.3) is 5.69 Å². The Labute approximate surface area is 105 Å². The number of rotatable bonds is 6. The Morgan fingerprint density at radius 2 is 2.06 bits per heavy atom. The van der Waals surface area contributed by atoms with E-state index in [1.54, 1.807) is 0 Å². The highest BCUT2D eigenvalue weighted by atomic mass is 16.6. The molecule has 0 atom stereocenters. The van der Waals surface area contributed by atoms with Gasteiger partial charge in [0.05, 0.1) is 30.3 Å². The van der Waals surface area contributed by atoms with Crippen LogP contribution in [0.2, 0.25) is 0 Å². The number of nitrogens with zero attached hydrogens (tertiary/aromatic N) is 1. The summed E-state index contributed by atoms with van der Waals surface area (Å²) < 4.78 is 10.5. The quantitative estimate of drug-likeness (QED) is 0.442. The molecule has 98 valence electrons. The highest BCUT2D eigenvalue weighted by molar-refractivity contribution is 5.83. The van der Waals surface area contributed by atoms with Crippen molar-refractivity contribution in [3.8, 4) is 11.5 Å². The fourth-order valence-corrected chi connectivity index (χ4v) is 1.35. The summed E-state index contributed by atoms with van der Waals surface area (Å²) in [5, 5.41) is 10.8. The molecule has 0 saturated carbocycles. The van der Waals surface area contributed by atoms with Crippen molar-refractivity contribution < 1.29 is 19.2 Å². The molecule has 0 aliphatic carbocycles. The standard InChI is InChI=1S/C12H15NO5/c1-8(2)7-18-12-5-10(13(15)16)9(6-14)4-11(12)17-3/h4-6,8H,7H2,1-3H3. The molecule has 0 heterocycles. The maximum atomic E-state index is 10.8. The zero-order valence-electron chi connectivity index (χ0n) is 10.5. The fraction of sp³-hybridized carbons (Fsp3) is 0.417. The van der Waals surface area contributed by atoms with Gasteiger partial charge in [-0.05, 0) is 5.92 Å². The zero-order valence-corrected chi connectivity index (χ0v) is 10.5. The first kappa shape index (κ1) is 14.0. The van der Waals surface area contributed by atoms with Crippen LogP contribution in [-0.4, -0.2) is 24.9 Å². The second-order valence-electron chi connectivity index (χ2n) is 4.14. The van der Waals surface area contributed by atoms with Gasteiger partial charge < -0.3 is 9.47 Å². The molecule has 0 N–H and O–H groups in total. The second-order valence-corrected chi connectivity index (χ2v) is 4.14. The lowest BCUT2D eigenvalue weighted by Gasteiger charge is -2.12. The largest absolute Gasteiger partial charge is 0.493 e. The molecule has 0 aromatic heterocycles. The van der Waals surface area contributed by atoms with Crippen molar-refractivity contribution in [2.24, 2.45) is 5.92 Å². The summed E-state index contributed by atoms with van der Waals surface area (Å²) in [6, 6.07) is 2.52. The Morgan fingerprint density at radius 3 is 2.50 bits per heavy atom. The van der Waals surface area contributed by atoms with Gasteiger partial charge in [-0.25, -0.2) is 0 Å². The maximum absolute atomic E-state index is 10.8. The molecule has 1 aromatic carbocycles. The van der Waals surface area contributed by atoms with Crippen LogP contribution in [0, 0.1) is 16.0 Å². The summed E-state index contributed by atoms with van der Waals surface area (Å²) in [5.41, 5.74) is -0.321. The minimum absolute atomic E-state index is 0.0336. The Balaban J connectivity index is 3.18. The molecule has 1 rings (SSSR count). The molecular formula is C12H15NO5. The van der Waals surface area contributed by atoms with E-state index < -0.39 is 4.92 Å². The lowest BCUT2D eigenvalue weighted by atomic mass is 10.1. The van der Waals surface area contributed by atoms with Crippen molar-refractivity contribution in [3.05, 3.63) is 27.8 Å². The lowest BCUT2D eigenvalue weighted by Crippen LogP contribution is -2.06. The van der Waals surface area contributed by atoms with Crippen molar-refractivity contribution in [2.45, 2.75) is 13.8 Å². The summed E-state index contributed by atoms with van der Waals surface area (Å²) in [6.45, 7) is 4.33. The number of hydrogen-bond donors (Lipinski definition) is 0. The van der Waals surface area contributed by atoms with E-state index in [0.29, 0.717) is 18.6 Å². The average molecular weight is 253 g/mol. The summed E-state index contributed by atoms with van der Waals surface area (Å²) in [7, 11) is 1.41. The first-order valence-electron chi connectivity index (χ1n) is 5.44. The minimum atomic E-state index is -0.620. The molecular weight excluding hydrogens is 238 g/mol. The van der Waals surface area contributed by atoms with E-state index >= 15 is 0 Å². The Morgan fingerprint density at radius 1 is 1.39 bits per heavy atom. The molecule has 0 aliphatic heterocycles. The highest BCUT2D eigenvalue weighted by Crippen LogP contribution is 2.34. The van der Waals surface area contributed by atoms with Crippen LogP contribution in [0.5, 0.6) is 11.5 Å². The molecule has 6 heteroatoms. The van der Waals surface area contributed by atoms with E-state index in [1.165, 1.54) is 19.2 Å². The number of carbonyl (C=O) groups is 1. The average Bonchev–Trinajstić information content (AvgIpc) is 2.34. The molecule has 1 aromatic rings. The second kappa shape index (κ2) is 6.00. The fourth-order valence-electron chi connectivity index (χ4n) is 1.35. The van der Waals surface area contributed by atoms with Gasteiger partial charge in [-0.15, -0.1) is 0 Å². The molecule has 0 amide bonds. The third kappa shape index (κ3) is 3.19. The van der Waals surface area contributed by atoms with Crippen molar-refractivity contribution >= 4 is 12.0 Å². The van der Waals surface area contributed by atoms with Gasteiger partial charge in [0.1, 0.15) is 0 Å². The molecule has 0 aliphatic rings. The molecule has 0 unspecified atom stereocenters. The molecule has 0 radical (unpaired) electrons. The number of methoxy groups -OCH3 is 1. The van der Waals surface area contributed by atoms with Crippen molar-refractivity contribution in [1.82, 2.24) is 0 Å². The Bertz CT molecular complexity index is 456. The topological polar surface area (TPSA) is 78.7 Å². The maximum Gasteiger partial charge on any atom is 0.283 e. The van der Waals surface area contributed by atoms with Crippen LogP contribution in [0.1, 0.15) is 24.2 Å².